The van der Waals surface area contributed by atoms with Gasteiger partial charge in [0.05, 0.1) is 10.5 Å². The van der Waals surface area contributed by atoms with Gasteiger partial charge in [-0.1, -0.05) is 63.1 Å². The summed E-state index contributed by atoms with van der Waals surface area (Å²) in [5.41, 5.74) is 0.551. The van der Waals surface area contributed by atoms with Crippen LogP contribution in [0.1, 0.15) is 70.8 Å². The average Bonchev–Trinajstić information content (AvgIpc) is 3.12. The van der Waals surface area contributed by atoms with E-state index in [-0.39, 0.29) is 4.90 Å². The first-order valence-corrected chi connectivity index (χ1v) is 10.3. The molecule has 0 N–H and O–H groups in total. The predicted octanol–water partition coefficient (Wildman–Crippen LogP) is 5.23. The molecule has 1 fully saturated rings. The Balaban J connectivity index is 1.78. The van der Waals surface area contributed by atoms with Crippen molar-refractivity contribution < 1.29 is 12.6 Å². The van der Waals surface area contributed by atoms with Crippen LogP contribution in [0.4, 0.5) is 0 Å². The van der Waals surface area contributed by atoms with E-state index in [4.69, 9.17) is 4.18 Å². The van der Waals surface area contributed by atoms with E-state index in [0.29, 0.717) is 5.92 Å². The maximum absolute atomic E-state index is 12.4. The molecule has 0 aliphatic heterocycles. The van der Waals surface area contributed by atoms with Gasteiger partial charge in [-0.3, -0.25) is 4.18 Å². The van der Waals surface area contributed by atoms with Gasteiger partial charge in [-0.15, -0.1) is 0 Å². The third-order valence-corrected chi connectivity index (χ3v) is 6.32. The fourth-order valence-corrected chi connectivity index (χ4v) is 4.39. The van der Waals surface area contributed by atoms with E-state index in [1.807, 2.05) is 13.8 Å². The highest BCUT2D eigenvalue weighted by atomic mass is 32.2. The summed E-state index contributed by atoms with van der Waals surface area (Å²) in [5.74, 6) is 0.383. The van der Waals surface area contributed by atoms with Crippen LogP contribution in [-0.4, -0.2) is 14.0 Å². The monoisotopic (exact) mass is 338 g/mol. The second-order valence-electron chi connectivity index (χ2n) is 7.12. The molecule has 0 unspecified atom stereocenters. The summed E-state index contributed by atoms with van der Waals surface area (Å²) in [6.07, 6.45) is 9.55. The van der Waals surface area contributed by atoms with Gasteiger partial charge in [-0.05, 0) is 44.7 Å². The van der Waals surface area contributed by atoms with Crippen molar-refractivity contribution in [3.8, 4) is 0 Å². The van der Waals surface area contributed by atoms with E-state index in [0.717, 1.165) is 18.4 Å². The molecule has 1 aliphatic carbocycles. The molecule has 0 radical (unpaired) electrons. The Morgan fingerprint density at radius 3 is 2.35 bits per heavy atom. The Kier molecular flexibility index (Phi) is 6.26. The Labute approximate surface area is 141 Å². The molecule has 3 nitrogen and oxygen atoms in total. The Bertz CT molecular complexity index is 592. The van der Waals surface area contributed by atoms with Gasteiger partial charge in [0.25, 0.3) is 10.1 Å². The van der Waals surface area contributed by atoms with Gasteiger partial charge < -0.3 is 0 Å². The minimum atomic E-state index is -3.65. The van der Waals surface area contributed by atoms with Gasteiger partial charge in [-0.2, -0.15) is 8.42 Å². The molecule has 1 saturated carbocycles. The van der Waals surface area contributed by atoms with Gasteiger partial charge in [0, 0.05) is 0 Å². The Morgan fingerprint density at radius 1 is 1.09 bits per heavy atom. The van der Waals surface area contributed by atoms with Crippen molar-refractivity contribution in [2.75, 3.05) is 0 Å². The largest absolute Gasteiger partial charge is 0.297 e. The summed E-state index contributed by atoms with van der Waals surface area (Å²) in [7, 11) is -3.65. The van der Waals surface area contributed by atoms with Crippen molar-refractivity contribution in [1.82, 2.24) is 0 Å². The normalized spacial score (nSPS) is 23.9. The molecule has 0 spiro atoms. The highest BCUT2D eigenvalue weighted by Crippen LogP contribution is 2.51. The molecule has 0 heterocycles. The number of rotatable bonds is 10. The smallest absolute Gasteiger partial charge is 0.260 e. The number of benzene rings is 1. The minimum absolute atomic E-state index is 0.259. The standard InChI is InChI=1S/C19H30O3S/c1-4-5-6-7-8-9-10-17-15-19(17,3)22-23(20,21)18-13-11-16(2)12-14-18/h11-14,17H,4-10,15H2,1-3H3/t17-,19-/m1/s1. The maximum atomic E-state index is 12.4. The quantitative estimate of drug-likeness (QED) is 0.433. The maximum Gasteiger partial charge on any atom is 0.297 e. The third kappa shape index (κ3) is 5.32. The number of unbranched alkanes of at least 4 members (excludes halogenated alkanes) is 5. The fraction of sp³-hybridized carbons (Fsp3) is 0.684. The van der Waals surface area contributed by atoms with E-state index < -0.39 is 15.7 Å². The molecule has 0 saturated heterocycles. The van der Waals surface area contributed by atoms with Crippen molar-refractivity contribution in [1.29, 1.82) is 0 Å². The van der Waals surface area contributed by atoms with Crippen LogP contribution in [0.5, 0.6) is 0 Å². The van der Waals surface area contributed by atoms with Crippen LogP contribution in [0, 0.1) is 12.8 Å². The lowest BCUT2D eigenvalue weighted by Gasteiger charge is -2.13. The number of aryl methyl sites for hydroxylation is 1. The lowest BCUT2D eigenvalue weighted by molar-refractivity contribution is 0.185. The third-order valence-electron chi connectivity index (χ3n) is 4.87. The number of hydrogen-bond acceptors (Lipinski definition) is 3. The second kappa shape index (κ2) is 7.80. The molecular formula is C19H30O3S. The highest BCUT2D eigenvalue weighted by molar-refractivity contribution is 7.86. The summed E-state index contributed by atoms with van der Waals surface area (Å²) in [4.78, 5) is 0.259. The summed E-state index contributed by atoms with van der Waals surface area (Å²) in [5, 5.41) is 0. The van der Waals surface area contributed by atoms with Crippen LogP contribution in [-0.2, 0) is 14.3 Å². The number of hydrogen-bond donors (Lipinski definition) is 0. The van der Waals surface area contributed by atoms with Gasteiger partial charge in [0.2, 0.25) is 0 Å². The molecule has 1 aliphatic rings. The topological polar surface area (TPSA) is 43.4 Å². The Morgan fingerprint density at radius 2 is 1.70 bits per heavy atom. The van der Waals surface area contributed by atoms with Crippen molar-refractivity contribution >= 4 is 10.1 Å². The van der Waals surface area contributed by atoms with Gasteiger partial charge in [-0.25, -0.2) is 0 Å². The fourth-order valence-electron chi connectivity index (χ4n) is 3.11. The molecule has 2 rings (SSSR count). The first-order valence-electron chi connectivity index (χ1n) is 8.90. The first kappa shape index (κ1) is 18.5. The van der Waals surface area contributed by atoms with Crippen LogP contribution < -0.4 is 0 Å². The van der Waals surface area contributed by atoms with E-state index in [9.17, 15) is 8.42 Å². The summed E-state index contributed by atoms with van der Waals surface area (Å²) >= 11 is 0. The summed E-state index contributed by atoms with van der Waals surface area (Å²) < 4.78 is 30.3. The zero-order valence-corrected chi connectivity index (χ0v) is 15.5. The zero-order valence-electron chi connectivity index (χ0n) is 14.7. The van der Waals surface area contributed by atoms with Crippen LogP contribution in [0.25, 0.3) is 0 Å². The van der Waals surface area contributed by atoms with E-state index in [2.05, 4.69) is 6.92 Å². The molecule has 1 aromatic carbocycles. The summed E-state index contributed by atoms with van der Waals surface area (Å²) in [6, 6.07) is 6.86. The van der Waals surface area contributed by atoms with Crippen LogP contribution in [0.3, 0.4) is 0 Å². The van der Waals surface area contributed by atoms with Crippen LogP contribution in [0.15, 0.2) is 29.2 Å². The molecule has 23 heavy (non-hydrogen) atoms. The van der Waals surface area contributed by atoms with Crippen molar-refractivity contribution in [2.24, 2.45) is 5.92 Å². The van der Waals surface area contributed by atoms with Crippen LogP contribution in [0.2, 0.25) is 0 Å². The highest BCUT2D eigenvalue weighted by Gasteiger charge is 2.53. The molecule has 0 aromatic heterocycles. The van der Waals surface area contributed by atoms with Crippen molar-refractivity contribution in [3.05, 3.63) is 29.8 Å². The van der Waals surface area contributed by atoms with Crippen molar-refractivity contribution in [3.63, 3.8) is 0 Å². The first-order chi connectivity index (χ1) is 10.9. The SMILES string of the molecule is CCCCCCCC[C@@H]1C[C@@]1(C)OS(=O)(=O)c1ccc(C)cc1. The molecular weight excluding hydrogens is 308 g/mol. The van der Waals surface area contributed by atoms with Gasteiger partial charge in [0.15, 0.2) is 0 Å². The lowest BCUT2D eigenvalue weighted by Crippen LogP contribution is -2.19. The molecule has 1 aromatic rings. The summed E-state index contributed by atoms with van der Waals surface area (Å²) in [6.45, 7) is 6.10. The van der Waals surface area contributed by atoms with Gasteiger partial charge >= 0.3 is 0 Å². The average molecular weight is 339 g/mol. The van der Waals surface area contributed by atoms with E-state index >= 15 is 0 Å². The van der Waals surface area contributed by atoms with E-state index in [1.54, 1.807) is 24.3 Å². The second-order valence-corrected chi connectivity index (χ2v) is 8.67. The predicted molar refractivity (Wildman–Crippen MR) is 94.0 cm³/mol. The molecule has 0 amide bonds. The Hall–Kier alpha value is -0.870. The van der Waals surface area contributed by atoms with E-state index in [1.165, 1.54) is 38.5 Å². The van der Waals surface area contributed by atoms with Crippen molar-refractivity contribution in [2.45, 2.75) is 82.6 Å². The molecule has 2 atom stereocenters. The molecule has 130 valence electrons. The van der Waals surface area contributed by atoms with Gasteiger partial charge in [0.1, 0.15) is 0 Å². The molecule has 4 heteroatoms. The molecule has 0 bridgehead atoms. The van der Waals surface area contributed by atoms with Crippen LogP contribution >= 0.6 is 0 Å². The lowest BCUT2D eigenvalue weighted by atomic mass is 10.1. The minimum Gasteiger partial charge on any atom is -0.260 e. The zero-order chi connectivity index (χ0) is 16.9.